The van der Waals surface area contributed by atoms with Crippen molar-refractivity contribution in [2.24, 2.45) is 5.73 Å². The molecule has 0 rings (SSSR count). The Balaban J connectivity index is 2.45. The van der Waals surface area contributed by atoms with Gasteiger partial charge in [0.05, 0.1) is 6.61 Å². The summed E-state index contributed by atoms with van der Waals surface area (Å²) in [5.74, 6) is 0. The quantitative estimate of drug-likeness (QED) is 0.373. The number of nitrogens with two attached hydrogens (primary N) is 1. The van der Waals surface area contributed by atoms with Gasteiger partial charge < -0.3 is 10.6 Å². The molecule has 44 valence electrons. The first-order chi connectivity index (χ1) is 3.41. The maximum Gasteiger partial charge on any atom is 0.0694 e. The molecule has 0 fully saturated rings. The van der Waals surface area contributed by atoms with Crippen LogP contribution in [0.1, 0.15) is 6.42 Å². The van der Waals surface area contributed by atoms with Crippen LogP contribution in [0.25, 0.3) is 0 Å². The number of rotatable bonds is 4. The van der Waals surface area contributed by atoms with Gasteiger partial charge in [-0.3, -0.25) is 0 Å². The maximum atomic E-state index is 5.16. The summed E-state index contributed by atoms with van der Waals surface area (Å²) < 4.78 is 0. The van der Waals surface area contributed by atoms with Gasteiger partial charge in [0, 0.05) is 7.05 Å². The van der Waals surface area contributed by atoms with Crippen molar-refractivity contribution in [2.75, 3.05) is 20.2 Å². The highest BCUT2D eigenvalue weighted by Gasteiger charge is 1.78. The number of nitrogens with one attached hydrogen (secondary N) is 1. The van der Waals surface area contributed by atoms with Gasteiger partial charge in [-0.25, -0.2) is 5.48 Å². The van der Waals surface area contributed by atoms with Crippen LogP contribution in [0.4, 0.5) is 0 Å². The minimum absolute atomic E-state index is 0.696. The molecule has 0 atom stereocenters. The van der Waals surface area contributed by atoms with Gasteiger partial charge in [-0.1, -0.05) is 0 Å². The molecule has 0 saturated carbocycles. The number of hydrogen-bond donors (Lipinski definition) is 2. The largest absolute Gasteiger partial charge is 0.330 e. The van der Waals surface area contributed by atoms with E-state index in [2.05, 4.69) is 5.48 Å². The van der Waals surface area contributed by atoms with Crippen LogP contribution in [0, 0.1) is 0 Å². The molecule has 0 radical (unpaired) electrons. The van der Waals surface area contributed by atoms with Crippen LogP contribution in [0.5, 0.6) is 0 Å². The highest BCUT2D eigenvalue weighted by Crippen LogP contribution is 1.71. The number of hydrogen-bond acceptors (Lipinski definition) is 3. The summed E-state index contributed by atoms with van der Waals surface area (Å²) in [5.41, 5.74) is 7.71. The second-order valence-electron chi connectivity index (χ2n) is 1.19. The molecule has 0 amide bonds. The van der Waals surface area contributed by atoms with E-state index in [1.165, 1.54) is 0 Å². The van der Waals surface area contributed by atoms with Crippen molar-refractivity contribution >= 4 is 0 Å². The zero-order chi connectivity index (χ0) is 5.54. The lowest BCUT2D eigenvalue weighted by Crippen LogP contribution is -2.11. The van der Waals surface area contributed by atoms with Crippen molar-refractivity contribution in [1.29, 1.82) is 0 Å². The third kappa shape index (κ3) is 5.88. The summed E-state index contributed by atoms with van der Waals surface area (Å²) in [6, 6.07) is 0. The van der Waals surface area contributed by atoms with Crippen molar-refractivity contribution < 1.29 is 4.84 Å². The van der Waals surface area contributed by atoms with Crippen LogP contribution in [-0.4, -0.2) is 20.2 Å². The lowest BCUT2D eigenvalue weighted by Gasteiger charge is -1.95. The van der Waals surface area contributed by atoms with Crippen LogP contribution in [0.3, 0.4) is 0 Å². The summed E-state index contributed by atoms with van der Waals surface area (Å²) in [4.78, 5) is 4.74. The summed E-state index contributed by atoms with van der Waals surface area (Å²) in [5, 5.41) is 0. The first-order valence-corrected chi connectivity index (χ1v) is 2.40. The lowest BCUT2D eigenvalue weighted by molar-refractivity contribution is 0.0574. The molecule has 0 unspecified atom stereocenters. The second kappa shape index (κ2) is 5.88. The molecule has 0 bridgehead atoms. The Kier molecular flexibility index (Phi) is 5.78. The Morgan fingerprint density at radius 1 is 1.71 bits per heavy atom. The first-order valence-electron chi connectivity index (χ1n) is 2.40. The molecule has 0 aromatic carbocycles. The maximum absolute atomic E-state index is 5.16. The molecule has 3 N–H and O–H groups in total. The van der Waals surface area contributed by atoms with Gasteiger partial charge in [0.15, 0.2) is 0 Å². The summed E-state index contributed by atoms with van der Waals surface area (Å²) in [6.07, 6.45) is 0.918. The van der Waals surface area contributed by atoms with Crippen LogP contribution in [0.15, 0.2) is 0 Å². The van der Waals surface area contributed by atoms with E-state index >= 15 is 0 Å². The Morgan fingerprint density at radius 2 is 2.43 bits per heavy atom. The fourth-order valence-electron chi connectivity index (χ4n) is 0.258. The monoisotopic (exact) mass is 104 g/mol. The van der Waals surface area contributed by atoms with Crippen LogP contribution in [-0.2, 0) is 4.84 Å². The molecule has 0 aromatic heterocycles. The molecule has 0 saturated heterocycles. The van der Waals surface area contributed by atoms with Gasteiger partial charge >= 0.3 is 0 Å². The van der Waals surface area contributed by atoms with E-state index in [1.54, 1.807) is 7.05 Å². The SMILES string of the molecule is CNOCCCN. The van der Waals surface area contributed by atoms with Crippen molar-refractivity contribution in [3.63, 3.8) is 0 Å². The Morgan fingerprint density at radius 3 is 2.86 bits per heavy atom. The zero-order valence-corrected chi connectivity index (χ0v) is 4.61. The van der Waals surface area contributed by atoms with Crippen molar-refractivity contribution in [3.05, 3.63) is 0 Å². The zero-order valence-electron chi connectivity index (χ0n) is 4.61. The molecule has 3 heteroatoms. The predicted octanol–water partition coefficient (Wildman–Crippen LogP) is -0.514. The molecule has 7 heavy (non-hydrogen) atoms. The Labute approximate surface area is 43.8 Å². The van der Waals surface area contributed by atoms with E-state index < -0.39 is 0 Å². The fourth-order valence-corrected chi connectivity index (χ4v) is 0.258. The van der Waals surface area contributed by atoms with Gasteiger partial charge in [0.25, 0.3) is 0 Å². The van der Waals surface area contributed by atoms with Gasteiger partial charge in [0.2, 0.25) is 0 Å². The second-order valence-corrected chi connectivity index (χ2v) is 1.19. The van der Waals surface area contributed by atoms with Gasteiger partial charge in [-0.2, -0.15) is 0 Å². The minimum atomic E-state index is 0.696. The average molecular weight is 104 g/mol. The third-order valence-electron chi connectivity index (χ3n) is 0.595. The molecule has 0 aliphatic carbocycles. The third-order valence-corrected chi connectivity index (χ3v) is 0.595. The van der Waals surface area contributed by atoms with E-state index in [0.717, 1.165) is 6.42 Å². The van der Waals surface area contributed by atoms with Crippen LogP contribution >= 0.6 is 0 Å². The first kappa shape index (κ1) is 6.88. The molecular weight excluding hydrogens is 92.1 g/mol. The van der Waals surface area contributed by atoms with Crippen LogP contribution in [0.2, 0.25) is 0 Å². The van der Waals surface area contributed by atoms with E-state index in [9.17, 15) is 0 Å². The number of hydroxylamine groups is 1. The molecule has 0 aliphatic rings. The molecule has 0 aromatic rings. The fraction of sp³-hybridized carbons (Fsp3) is 1.00. The van der Waals surface area contributed by atoms with Crippen molar-refractivity contribution in [3.8, 4) is 0 Å². The highest BCUT2D eigenvalue weighted by molar-refractivity contribution is 4.31. The van der Waals surface area contributed by atoms with Gasteiger partial charge in [-0.15, -0.1) is 0 Å². The Hall–Kier alpha value is -0.120. The van der Waals surface area contributed by atoms with E-state index in [-0.39, 0.29) is 0 Å². The molecule has 0 spiro atoms. The van der Waals surface area contributed by atoms with Crippen molar-refractivity contribution in [1.82, 2.24) is 5.48 Å². The van der Waals surface area contributed by atoms with Gasteiger partial charge in [0.1, 0.15) is 0 Å². The van der Waals surface area contributed by atoms with Gasteiger partial charge in [-0.05, 0) is 13.0 Å². The van der Waals surface area contributed by atoms with E-state index in [4.69, 9.17) is 10.6 Å². The molecule has 3 nitrogen and oxygen atoms in total. The summed E-state index contributed by atoms with van der Waals surface area (Å²) in [7, 11) is 1.73. The average Bonchev–Trinajstić information content (AvgIpc) is 1.69. The normalized spacial score (nSPS) is 9.43. The predicted molar refractivity (Wildman–Crippen MR) is 28.7 cm³/mol. The smallest absolute Gasteiger partial charge is 0.0694 e. The molecular formula is C4H12N2O. The topological polar surface area (TPSA) is 47.3 Å². The Bertz CT molecular complexity index is 28.9. The van der Waals surface area contributed by atoms with E-state index in [0.29, 0.717) is 13.2 Å². The van der Waals surface area contributed by atoms with E-state index in [1.807, 2.05) is 0 Å². The standard InChI is InChI=1S/C4H12N2O/c1-6-7-4-2-3-5/h6H,2-5H2,1H3. The summed E-state index contributed by atoms with van der Waals surface area (Å²) in [6.45, 7) is 1.40. The molecule has 0 heterocycles. The lowest BCUT2D eigenvalue weighted by atomic mass is 10.5. The van der Waals surface area contributed by atoms with Crippen LogP contribution < -0.4 is 11.2 Å². The van der Waals surface area contributed by atoms with Crippen molar-refractivity contribution in [2.45, 2.75) is 6.42 Å². The highest BCUT2D eigenvalue weighted by atomic mass is 16.6. The summed E-state index contributed by atoms with van der Waals surface area (Å²) >= 11 is 0. The molecule has 0 aliphatic heterocycles. The minimum Gasteiger partial charge on any atom is -0.330 e.